The van der Waals surface area contributed by atoms with Gasteiger partial charge in [-0.2, -0.15) is 0 Å². The van der Waals surface area contributed by atoms with Gasteiger partial charge in [-0.25, -0.2) is 4.98 Å². The summed E-state index contributed by atoms with van der Waals surface area (Å²) in [6.07, 6.45) is 2.32. The number of hydrogen-bond donors (Lipinski definition) is 2. The minimum Gasteiger partial charge on any atom is -0.497 e. The number of amides is 1. The average molecular weight is 347 g/mol. The van der Waals surface area contributed by atoms with Crippen molar-refractivity contribution in [2.45, 2.75) is 19.3 Å². The molecule has 6 nitrogen and oxygen atoms in total. The van der Waals surface area contributed by atoms with E-state index >= 15 is 0 Å². The Labute approximate surface area is 145 Å². The number of hydrogen-bond acceptors (Lipinski definition) is 6. The van der Waals surface area contributed by atoms with Gasteiger partial charge in [-0.05, 0) is 43.0 Å². The molecule has 0 saturated heterocycles. The average Bonchev–Trinajstić information content (AvgIpc) is 3.02. The van der Waals surface area contributed by atoms with E-state index < -0.39 is 0 Å². The number of benzene rings is 1. The normalized spacial score (nSPS) is 16.1. The van der Waals surface area contributed by atoms with Crippen LogP contribution in [0.3, 0.4) is 0 Å². The Balaban J connectivity index is 1.47. The van der Waals surface area contributed by atoms with Gasteiger partial charge in [0.2, 0.25) is 5.91 Å². The van der Waals surface area contributed by atoms with E-state index in [4.69, 9.17) is 15.2 Å². The number of aryl methyl sites for hydroxylation is 1. The fourth-order valence-corrected chi connectivity index (χ4v) is 3.33. The second-order valence-corrected chi connectivity index (χ2v) is 6.65. The molecule has 0 aliphatic carbocycles. The maximum atomic E-state index is 12.3. The lowest BCUT2D eigenvalue weighted by Crippen LogP contribution is -2.37. The molecule has 3 rings (SSSR count). The summed E-state index contributed by atoms with van der Waals surface area (Å²) < 4.78 is 10.9. The Morgan fingerprint density at radius 2 is 2.42 bits per heavy atom. The van der Waals surface area contributed by atoms with Crippen molar-refractivity contribution in [3.05, 3.63) is 34.8 Å². The van der Waals surface area contributed by atoms with E-state index in [9.17, 15) is 4.79 Å². The number of carbonyl (C=O) groups is 1. The third kappa shape index (κ3) is 3.97. The highest BCUT2D eigenvalue weighted by Crippen LogP contribution is 2.30. The van der Waals surface area contributed by atoms with Gasteiger partial charge in [-0.15, -0.1) is 11.3 Å². The molecule has 24 heavy (non-hydrogen) atoms. The van der Waals surface area contributed by atoms with Crippen LogP contribution in [0, 0.1) is 5.92 Å². The molecule has 1 atom stereocenters. The van der Waals surface area contributed by atoms with Crippen LogP contribution < -0.4 is 20.5 Å². The minimum atomic E-state index is -0.167. The van der Waals surface area contributed by atoms with Crippen molar-refractivity contribution in [3.8, 4) is 11.5 Å². The predicted molar refractivity (Wildman–Crippen MR) is 93.5 cm³/mol. The highest BCUT2D eigenvalue weighted by molar-refractivity contribution is 7.13. The second-order valence-electron chi connectivity index (χ2n) is 5.76. The third-order valence-corrected chi connectivity index (χ3v) is 4.75. The molecule has 1 amide bonds. The standard InChI is InChI=1S/C17H21N3O3S/c1-22-14-4-5-15-11(8-14)7-12(9-23-15)16(21)19-6-2-3-13-10-24-17(18)20-13/h4-5,8,10,12H,2-3,6-7,9H2,1H3,(H2,18,20)(H,19,21). The van der Waals surface area contributed by atoms with Gasteiger partial charge >= 0.3 is 0 Å². The van der Waals surface area contributed by atoms with Crippen molar-refractivity contribution in [1.82, 2.24) is 10.3 Å². The second kappa shape index (κ2) is 7.53. The first kappa shape index (κ1) is 16.6. The quantitative estimate of drug-likeness (QED) is 0.781. The molecule has 128 valence electrons. The van der Waals surface area contributed by atoms with Crippen molar-refractivity contribution in [1.29, 1.82) is 0 Å². The first-order valence-electron chi connectivity index (χ1n) is 7.93. The molecule has 1 aromatic carbocycles. The van der Waals surface area contributed by atoms with Crippen molar-refractivity contribution >= 4 is 22.4 Å². The molecule has 0 fully saturated rings. The molecule has 0 bridgehead atoms. The molecular weight excluding hydrogens is 326 g/mol. The Hall–Kier alpha value is -2.28. The monoisotopic (exact) mass is 347 g/mol. The maximum absolute atomic E-state index is 12.3. The van der Waals surface area contributed by atoms with Gasteiger partial charge in [0, 0.05) is 11.9 Å². The van der Waals surface area contributed by atoms with E-state index in [0.29, 0.717) is 24.7 Å². The zero-order chi connectivity index (χ0) is 16.9. The van der Waals surface area contributed by atoms with E-state index in [1.54, 1.807) is 7.11 Å². The van der Waals surface area contributed by atoms with Crippen LogP contribution in [0.2, 0.25) is 0 Å². The molecule has 7 heteroatoms. The number of carbonyl (C=O) groups excluding carboxylic acids is 1. The SMILES string of the molecule is COc1ccc2c(c1)CC(C(=O)NCCCc1csc(N)n1)CO2. The number of anilines is 1. The van der Waals surface area contributed by atoms with Crippen molar-refractivity contribution in [2.75, 3.05) is 26.0 Å². The Bertz CT molecular complexity index is 717. The Morgan fingerprint density at radius 1 is 1.54 bits per heavy atom. The largest absolute Gasteiger partial charge is 0.497 e. The van der Waals surface area contributed by atoms with Gasteiger partial charge in [-0.3, -0.25) is 4.79 Å². The summed E-state index contributed by atoms with van der Waals surface area (Å²) in [4.78, 5) is 16.5. The molecule has 1 aromatic heterocycles. The van der Waals surface area contributed by atoms with E-state index in [1.807, 2.05) is 23.6 Å². The first-order chi connectivity index (χ1) is 11.7. The maximum Gasteiger partial charge on any atom is 0.226 e. The first-order valence-corrected chi connectivity index (χ1v) is 8.81. The summed E-state index contributed by atoms with van der Waals surface area (Å²) in [6, 6.07) is 5.69. The number of rotatable bonds is 6. The van der Waals surface area contributed by atoms with E-state index in [0.717, 1.165) is 35.6 Å². The number of fused-ring (bicyclic) bond motifs is 1. The number of nitrogens with one attached hydrogen (secondary N) is 1. The molecule has 0 radical (unpaired) electrons. The van der Waals surface area contributed by atoms with E-state index in [2.05, 4.69) is 10.3 Å². The van der Waals surface area contributed by atoms with Crippen LogP contribution in [0.15, 0.2) is 23.6 Å². The smallest absolute Gasteiger partial charge is 0.226 e. The molecule has 1 unspecified atom stereocenters. The van der Waals surface area contributed by atoms with Gasteiger partial charge < -0.3 is 20.5 Å². The van der Waals surface area contributed by atoms with Crippen LogP contribution in [0.1, 0.15) is 17.7 Å². The lowest BCUT2D eigenvalue weighted by Gasteiger charge is -2.25. The van der Waals surface area contributed by atoms with E-state index in [-0.39, 0.29) is 11.8 Å². The van der Waals surface area contributed by atoms with Crippen LogP contribution in [0.25, 0.3) is 0 Å². The van der Waals surface area contributed by atoms with E-state index in [1.165, 1.54) is 11.3 Å². The van der Waals surface area contributed by atoms with Gasteiger partial charge in [0.05, 0.1) is 18.7 Å². The van der Waals surface area contributed by atoms with Gasteiger partial charge in [0.1, 0.15) is 18.1 Å². The fraction of sp³-hybridized carbons (Fsp3) is 0.412. The third-order valence-electron chi connectivity index (χ3n) is 4.02. The van der Waals surface area contributed by atoms with Crippen molar-refractivity contribution in [3.63, 3.8) is 0 Å². The summed E-state index contributed by atoms with van der Waals surface area (Å²) in [6.45, 7) is 1.03. The number of ether oxygens (including phenoxy) is 2. The van der Waals surface area contributed by atoms with Crippen LogP contribution in [-0.4, -0.2) is 31.2 Å². The molecule has 0 spiro atoms. The molecule has 1 aliphatic rings. The van der Waals surface area contributed by atoms with Gasteiger partial charge in [0.15, 0.2) is 5.13 Å². The summed E-state index contributed by atoms with van der Waals surface area (Å²) in [5.41, 5.74) is 7.60. The zero-order valence-corrected chi connectivity index (χ0v) is 14.4. The highest BCUT2D eigenvalue weighted by atomic mass is 32.1. The number of nitrogen functional groups attached to an aromatic ring is 1. The van der Waals surface area contributed by atoms with Crippen molar-refractivity contribution in [2.24, 2.45) is 5.92 Å². The number of aromatic nitrogens is 1. The van der Waals surface area contributed by atoms with Crippen molar-refractivity contribution < 1.29 is 14.3 Å². The molecule has 2 heterocycles. The van der Waals surface area contributed by atoms with Crippen LogP contribution >= 0.6 is 11.3 Å². The number of methoxy groups -OCH3 is 1. The number of nitrogens with zero attached hydrogens (tertiary/aromatic N) is 1. The topological polar surface area (TPSA) is 86.5 Å². The number of nitrogens with two attached hydrogens (primary N) is 1. The summed E-state index contributed by atoms with van der Waals surface area (Å²) >= 11 is 1.44. The molecule has 1 aliphatic heterocycles. The molecule has 2 aromatic rings. The van der Waals surface area contributed by atoms with Gasteiger partial charge in [-0.1, -0.05) is 0 Å². The van der Waals surface area contributed by atoms with Crippen LogP contribution in [0.4, 0.5) is 5.13 Å². The summed E-state index contributed by atoms with van der Waals surface area (Å²) in [5.74, 6) is 1.47. The highest BCUT2D eigenvalue weighted by Gasteiger charge is 2.26. The molecule has 0 saturated carbocycles. The van der Waals surface area contributed by atoms with Crippen LogP contribution in [0.5, 0.6) is 11.5 Å². The molecular formula is C17H21N3O3S. The Kier molecular flexibility index (Phi) is 5.20. The summed E-state index contributed by atoms with van der Waals surface area (Å²) in [7, 11) is 1.63. The Morgan fingerprint density at radius 3 is 3.17 bits per heavy atom. The zero-order valence-electron chi connectivity index (χ0n) is 13.6. The van der Waals surface area contributed by atoms with Gasteiger partial charge in [0.25, 0.3) is 0 Å². The summed E-state index contributed by atoms with van der Waals surface area (Å²) in [5, 5.41) is 5.52. The van der Waals surface area contributed by atoms with Crippen LogP contribution in [-0.2, 0) is 17.6 Å². The fourth-order valence-electron chi connectivity index (χ4n) is 2.73. The number of thiazole rings is 1. The lowest BCUT2D eigenvalue weighted by molar-refractivity contribution is -0.126. The molecule has 3 N–H and O–H groups in total. The predicted octanol–water partition coefficient (Wildman–Crippen LogP) is 2.03. The lowest BCUT2D eigenvalue weighted by atomic mass is 9.95. The minimum absolute atomic E-state index is 0.0289.